The number of rotatable bonds is 6. The minimum absolute atomic E-state index is 0.321. The molecule has 0 aromatic rings. The molecule has 1 atom stereocenters. The summed E-state index contributed by atoms with van der Waals surface area (Å²) in [6.45, 7) is 3.91. The largest absolute Gasteiger partial charge is 0.378 e. The molecule has 0 radical (unpaired) electrons. The van der Waals surface area contributed by atoms with Crippen LogP contribution in [0.4, 0.5) is 0 Å². The van der Waals surface area contributed by atoms with Gasteiger partial charge in [0.25, 0.3) is 0 Å². The van der Waals surface area contributed by atoms with Crippen molar-refractivity contribution in [1.82, 2.24) is 4.90 Å². The van der Waals surface area contributed by atoms with Crippen LogP contribution in [-0.4, -0.2) is 42.1 Å². The molecule has 2 N–H and O–H groups in total. The predicted molar refractivity (Wildman–Crippen MR) is 80.4 cm³/mol. The Morgan fingerprint density at radius 1 is 1.25 bits per heavy atom. The fourth-order valence-electron chi connectivity index (χ4n) is 3.47. The predicted octanol–water partition coefficient (Wildman–Crippen LogP) is 2.45. The summed E-state index contributed by atoms with van der Waals surface area (Å²) in [7, 11) is 0. The summed E-state index contributed by atoms with van der Waals surface area (Å²) in [4.78, 5) is 14.6. The number of nitrogens with two attached hydrogens (primary N) is 1. The van der Waals surface area contributed by atoms with Crippen LogP contribution < -0.4 is 5.73 Å². The highest BCUT2D eigenvalue weighted by Crippen LogP contribution is 2.24. The van der Waals surface area contributed by atoms with E-state index in [-0.39, 0.29) is 0 Å². The summed E-state index contributed by atoms with van der Waals surface area (Å²) in [5, 5.41) is 0. The first-order chi connectivity index (χ1) is 9.70. The van der Waals surface area contributed by atoms with Gasteiger partial charge in [0.2, 0.25) is 5.91 Å². The zero-order chi connectivity index (χ0) is 14.4. The highest BCUT2D eigenvalue weighted by molar-refractivity contribution is 5.76. The minimum atomic E-state index is 0.321. The lowest BCUT2D eigenvalue weighted by atomic mass is 9.90. The van der Waals surface area contributed by atoms with E-state index in [2.05, 4.69) is 11.8 Å². The molecule has 4 heteroatoms. The maximum atomic E-state index is 12.5. The molecule has 1 saturated carbocycles. The van der Waals surface area contributed by atoms with Crippen LogP contribution in [-0.2, 0) is 9.53 Å². The summed E-state index contributed by atoms with van der Waals surface area (Å²) in [5.41, 5.74) is 5.97. The zero-order valence-corrected chi connectivity index (χ0v) is 12.9. The molecule has 1 saturated heterocycles. The second-order valence-corrected chi connectivity index (χ2v) is 6.33. The molecule has 0 spiro atoms. The first-order valence-corrected chi connectivity index (χ1v) is 8.37. The van der Waals surface area contributed by atoms with Gasteiger partial charge < -0.3 is 15.4 Å². The lowest BCUT2D eigenvalue weighted by Crippen LogP contribution is -2.44. The number of carbonyl (C=O) groups excluding carboxylic acids is 1. The molecule has 1 aliphatic heterocycles. The SMILES string of the molecule is CCCN(C(=O)CCC1CCCO1)C1CCC(N)CC1. The quantitative estimate of drug-likeness (QED) is 0.814. The molecule has 20 heavy (non-hydrogen) atoms. The molecule has 116 valence electrons. The van der Waals surface area contributed by atoms with Gasteiger partial charge in [0.1, 0.15) is 0 Å². The van der Waals surface area contributed by atoms with E-state index in [1.54, 1.807) is 0 Å². The minimum Gasteiger partial charge on any atom is -0.378 e. The molecular formula is C16H30N2O2. The number of hydrogen-bond donors (Lipinski definition) is 1. The van der Waals surface area contributed by atoms with Crippen LogP contribution in [0.25, 0.3) is 0 Å². The smallest absolute Gasteiger partial charge is 0.222 e. The van der Waals surface area contributed by atoms with Gasteiger partial charge in [-0.3, -0.25) is 4.79 Å². The van der Waals surface area contributed by atoms with Crippen molar-refractivity contribution in [3.8, 4) is 0 Å². The van der Waals surface area contributed by atoms with Crippen LogP contribution in [0.2, 0.25) is 0 Å². The third-order valence-corrected chi connectivity index (χ3v) is 4.67. The second kappa shape index (κ2) is 7.99. The van der Waals surface area contributed by atoms with Crippen LogP contribution in [0.3, 0.4) is 0 Å². The van der Waals surface area contributed by atoms with Gasteiger partial charge in [-0.25, -0.2) is 0 Å². The van der Waals surface area contributed by atoms with Crippen molar-refractivity contribution in [2.45, 2.75) is 82.9 Å². The van der Waals surface area contributed by atoms with Gasteiger partial charge in [-0.05, 0) is 51.4 Å². The van der Waals surface area contributed by atoms with Crippen LogP contribution in [0.5, 0.6) is 0 Å². The summed E-state index contributed by atoms with van der Waals surface area (Å²) >= 11 is 0. The molecule has 2 fully saturated rings. The zero-order valence-electron chi connectivity index (χ0n) is 12.9. The maximum Gasteiger partial charge on any atom is 0.222 e. The summed E-state index contributed by atoms with van der Waals surface area (Å²) in [5.74, 6) is 0.322. The van der Waals surface area contributed by atoms with Gasteiger partial charge >= 0.3 is 0 Å². The van der Waals surface area contributed by atoms with Gasteiger partial charge in [0, 0.05) is 31.7 Å². The average molecular weight is 282 g/mol. The van der Waals surface area contributed by atoms with Gasteiger partial charge in [-0.15, -0.1) is 0 Å². The number of amides is 1. The lowest BCUT2D eigenvalue weighted by molar-refractivity contribution is -0.135. The Morgan fingerprint density at radius 2 is 2.00 bits per heavy atom. The van der Waals surface area contributed by atoms with Crippen molar-refractivity contribution in [3.05, 3.63) is 0 Å². The average Bonchev–Trinajstić information content (AvgIpc) is 2.97. The molecule has 0 aromatic heterocycles. The number of hydrogen-bond acceptors (Lipinski definition) is 3. The Kier molecular flexibility index (Phi) is 6.30. The Morgan fingerprint density at radius 3 is 2.60 bits per heavy atom. The molecule has 2 aliphatic rings. The van der Waals surface area contributed by atoms with Crippen molar-refractivity contribution in [3.63, 3.8) is 0 Å². The van der Waals surface area contributed by atoms with Crippen molar-refractivity contribution in [1.29, 1.82) is 0 Å². The number of ether oxygens (including phenoxy) is 1. The summed E-state index contributed by atoms with van der Waals surface area (Å²) in [6, 6.07) is 0.767. The van der Waals surface area contributed by atoms with E-state index < -0.39 is 0 Å². The van der Waals surface area contributed by atoms with E-state index in [0.29, 0.717) is 30.5 Å². The first kappa shape index (κ1) is 15.8. The van der Waals surface area contributed by atoms with Crippen molar-refractivity contribution in [2.24, 2.45) is 5.73 Å². The normalized spacial score (nSPS) is 30.4. The van der Waals surface area contributed by atoms with E-state index in [0.717, 1.165) is 64.5 Å². The van der Waals surface area contributed by atoms with Crippen molar-refractivity contribution in [2.75, 3.05) is 13.2 Å². The Hall–Kier alpha value is -0.610. The molecule has 1 aliphatic carbocycles. The third-order valence-electron chi connectivity index (χ3n) is 4.67. The Bertz CT molecular complexity index is 295. The van der Waals surface area contributed by atoms with E-state index in [4.69, 9.17) is 10.5 Å². The third kappa shape index (κ3) is 4.45. The molecule has 1 unspecified atom stereocenters. The van der Waals surface area contributed by atoms with Crippen LogP contribution in [0.15, 0.2) is 0 Å². The highest BCUT2D eigenvalue weighted by atomic mass is 16.5. The molecule has 4 nitrogen and oxygen atoms in total. The lowest BCUT2D eigenvalue weighted by Gasteiger charge is -2.36. The fourth-order valence-corrected chi connectivity index (χ4v) is 3.47. The highest BCUT2D eigenvalue weighted by Gasteiger charge is 2.27. The second-order valence-electron chi connectivity index (χ2n) is 6.33. The van der Waals surface area contributed by atoms with E-state index in [9.17, 15) is 4.79 Å². The van der Waals surface area contributed by atoms with Crippen LogP contribution >= 0.6 is 0 Å². The molecule has 2 rings (SSSR count). The summed E-state index contributed by atoms with van der Waals surface area (Å²) < 4.78 is 5.62. The van der Waals surface area contributed by atoms with E-state index >= 15 is 0 Å². The van der Waals surface area contributed by atoms with Crippen molar-refractivity contribution >= 4 is 5.91 Å². The van der Waals surface area contributed by atoms with Gasteiger partial charge in [0.15, 0.2) is 0 Å². The van der Waals surface area contributed by atoms with Crippen LogP contribution in [0, 0.1) is 0 Å². The van der Waals surface area contributed by atoms with Gasteiger partial charge in [0.05, 0.1) is 6.10 Å². The van der Waals surface area contributed by atoms with E-state index in [1.807, 2.05) is 0 Å². The molecule has 0 aromatic carbocycles. The van der Waals surface area contributed by atoms with Crippen LogP contribution in [0.1, 0.15) is 64.7 Å². The molecular weight excluding hydrogens is 252 g/mol. The van der Waals surface area contributed by atoms with Gasteiger partial charge in [-0.1, -0.05) is 6.92 Å². The Balaban J connectivity index is 1.81. The number of carbonyl (C=O) groups is 1. The fraction of sp³-hybridized carbons (Fsp3) is 0.938. The maximum absolute atomic E-state index is 12.5. The number of nitrogens with zero attached hydrogens (tertiary/aromatic N) is 1. The standard InChI is InChI=1S/C16H30N2O2/c1-2-11-18(14-7-5-13(17)6-8-14)16(19)10-9-15-4-3-12-20-15/h13-15H,2-12,17H2,1H3. The molecule has 1 heterocycles. The topological polar surface area (TPSA) is 55.6 Å². The summed E-state index contributed by atoms with van der Waals surface area (Å²) in [6.07, 6.45) is 9.44. The van der Waals surface area contributed by atoms with Crippen molar-refractivity contribution < 1.29 is 9.53 Å². The van der Waals surface area contributed by atoms with Gasteiger partial charge in [-0.2, -0.15) is 0 Å². The van der Waals surface area contributed by atoms with E-state index in [1.165, 1.54) is 0 Å². The monoisotopic (exact) mass is 282 g/mol. The molecule has 0 bridgehead atoms. The molecule has 1 amide bonds. The first-order valence-electron chi connectivity index (χ1n) is 8.37. The Labute approximate surface area is 123 Å².